The number of ether oxygens (including phenoxy) is 1. The van der Waals surface area contributed by atoms with Crippen LogP contribution in [0.5, 0.6) is 0 Å². The van der Waals surface area contributed by atoms with Crippen LogP contribution in [0, 0.1) is 6.92 Å². The second-order valence-electron chi connectivity index (χ2n) is 7.01. The third-order valence-electron chi connectivity index (χ3n) is 4.00. The summed E-state index contributed by atoms with van der Waals surface area (Å²) in [6, 6.07) is 2.25. The van der Waals surface area contributed by atoms with Gasteiger partial charge in [0.15, 0.2) is 0 Å². The molecule has 1 aromatic heterocycles. The molecule has 0 spiro atoms. The van der Waals surface area contributed by atoms with E-state index in [2.05, 4.69) is 44.0 Å². The van der Waals surface area contributed by atoms with Gasteiger partial charge in [0.2, 0.25) is 0 Å². The molecule has 21 heavy (non-hydrogen) atoms. The van der Waals surface area contributed by atoms with Crippen LogP contribution in [-0.2, 0) is 11.3 Å². The fourth-order valence-corrected chi connectivity index (χ4v) is 2.72. The minimum Gasteiger partial charge on any atom is -0.381 e. The molecule has 0 unspecified atom stereocenters. The highest BCUT2D eigenvalue weighted by Crippen LogP contribution is 2.23. The molecule has 1 saturated heterocycles. The van der Waals surface area contributed by atoms with Crippen LogP contribution in [0.15, 0.2) is 12.3 Å². The van der Waals surface area contributed by atoms with Crippen molar-refractivity contribution in [1.82, 2.24) is 10.3 Å². The standard InChI is InChI=1S/C17H29N3O/c1-13-10-14(12-19-17(2,3)4)11-18-16(13)20-8-6-15(21-5)7-9-20/h10-11,15,19H,6-9,12H2,1-5H3. The molecule has 0 amide bonds. The fraction of sp³-hybridized carbons (Fsp3) is 0.706. The van der Waals surface area contributed by atoms with E-state index in [9.17, 15) is 0 Å². The van der Waals surface area contributed by atoms with Gasteiger partial charge in [0.1, 0.15) is 5.82 Å². The van der Waals surface area contributed by atoms with Gasteiger partial charge in [-0.3, -0.25) is 0 Å². The molecule has 0 saturated carbocycles. The molecule has 4 heteroatoms. The number of aromatic nitrogens is 1. The lowest BCUT2D eigenvalue weighted by molar-refractivity contribution is 0.0818. The quantitative estimate of drug-likeness (QED) is 0.925. The topological polar surface area (TPSA) is 37.4 Å². The molecule has 1 N–H and O–H groups in total. The van der Waals surface area contributed by atoms with Crippen molar-refractivity contribution in [3.05, 3.63) is 23.4 Å². The number of piperidine rings is 1. The predicted molar refractivity (Wildman–Crippen MR) is 87.8 cm³/mol. The largest absolute Gasteiger partial charge is 0.381 e. The minimum absolute atomic E-state index is 0.134. The molecule has 1 fully saturated rings. The Balaban J connectivity index is 1.99. The van der Waals surface area contributed by atoms with Crippen molar-refractivity contribution in [1.29, 1.82) is 0 Å². The van der Waals surface area contributed by atoms with Crippen LogP contribution in [0.1, 0.15) is 44.7 Å². The first kappa shape index (κ1) is 16.2. The monoisotopic (exact) mass is 291 g/mol. The smallest absolute Gasteiger partial charge is 0.131 e. The van der Waals surface area contributed by atoms with Crippen molar-refractivity contribution < 1.29 is 4.74 Å². The number of aryl methyl sites for hydroxylation is 1. The molecule has 2 rings (SSSR count). The van der Waals surface area contributed by atoms with E-state index in [-0.39, 0.29) is 5.54 Å². The Kier molecular flexibility index (Phi) is 5.22. The van der Waals surface area contributed by atoms with Gasteiger partial charge < -0.3 is 15.0 Å². The number of hydrogen-bond donors (Lipinski definition) is 1. The summed E-state index contributed by atoms with van der Waals surface area (Å²) < 4.78 is 5.43. The van der Waals surface area contributed by atoms with Crippen LogP contribution in [-0.4, -0.2) is 36.8 Å². The number of rotatable bonds is 4. The van der Waals surface area contributed by atoms with E-state index in [1.54, 1.807) is 7.11 Å². The Bertz CT molecular complexity index is 460. The van der Waals surface area contributed by atoms with Gasteiger partial charge in [-0.2, -0.15) is 0 Å². The SMILES string of the molecule is COC1CCN(c2ncc(CNC(C)(C)C)cc2C)CC1. The first-order valence-corrected chi connectivity index (χ1v) is 7.87. The average Bonchev–Trinajstić information content (AvgIpc) is 2.45. The summed E-state index contributed by atoms with van der Waals surface area (Å²) in [4.78, 5) is 7.08. The predicted octanol–water partition coefficient (Wildman–Crippen LogP) is 2.89. The zero-order valence-electron chi connectivity index (χ0n) is 14.1. The van der Waals surface area contributed by atoms with E-state index in [1.807, 2.05) is 6.20 Å². The van der Waals surface area contributed by atoms with Gasteiger partial charge in [0.05, 0.1) is 6.10 Å². The van der Waals surface area contributed by atoms with Crippen LogP contribution in [0.25, 0.3) is 0 Å². The lowest BCUT2D eigenvalue weighted by Crippen LogP contribution is -2.37. The van der Waals surface area contributed by atoms with Crippen LogP contribution >= 0.6 is 0 Å². The highest BCUT2D eigenvalue weighted by molar-refractivity contribution is 5.47. The van der Waals surface area contributed by atoms with E-state index in [4.69, 9.17) is 9.72 Å². The van der Waals surface area contributed by atoms with Gasteiger partial charge in [-0.25, -0.2) is 4.98 Å². The summed E-state index contributed by atoms with van der Waals surface area (Å²) in [6.07, 6.45) is 4.59. The molecule has 2 heterocycles. The van der Waals surface area contributed by atoms with Gasteiger partial charge in [0, 0.05) is 38.5 Å². The normalized spacial score (nSPS) is 17.3. The zero-order valence-corrected chi connectivity index (χ0v) is 14.1. The maximum absolute atomic E-state index is 5.43. The van der Waals surface area contributed by atoms with Crippen molar-refractivity contribution in [2.24, 2.45) is 0 Å². The number of pyridine rings is 1. The van der Waals surface area contributed by atoms with E-state index < -0.39 is 0 Å². The molecular formula is C17H29N3O. The van der Waals surface area contributed by atoms with Crippen LogP contribution < -0.4 is 10.2 Å². The number of methoxy groups -OCH3 is 1. The number of anilines is 1. The maximum atomic E-state index is 5.43. The summed E-state index contributed by atoms with van der Waals surface area (Å²) in [5, 5.41) is 3.51. The molecular weight excluding hydrogens is 262 g/mol. The summed E-state index contributed by atoms with van der Waals surface area (Å²) in [7, 11) is 1.81. The van der Waals surface area contributed by atoms with E-state index in [0.29, 0.717) is 6.10 Å². The zero-order chi connectivity index (χ0) is 15.5. The molecule has 0 bridgehead atoms. The Labute approximate surface area is 128 Å². The molecule has 1 aliphatic heterocycles. The van der Waals surface area contributed by atoms with Crippen molar-refractivity contribution in [3.63, 3.8) is 0 Å². The van der Waals surface area contributed by atoms with Gasteiger partial charge >= 0.3 is 0 Å². The highest BCUT2D eigenvalue weighted by atomic mass is 16.5. The van der Waals surface area contributed by atoms with Crippen molar-refractivity contribution >= 4 is 5.82 Å². The molecule has 0 radical (unpaired) electrons. The lowest BCUT2D eigenvalue weighted by atomic mass is 10.1. The fourth-order valence-electron chi connectivity index (χ4n) is 2.72. The average molecular weight is 291 g/mol. The van der Waals surface area contributed by atoms with E-state index in [1.165, 1.54) is 11.1 Å². The first-order valence-electron chi connectivity index (χ1n) is 7.87. The van der Waals surface area contributed by atoms with Gasteiger partial charge in [-0.1, -0.05) is 0 Å². The Morgan fingerprint density at radius 1 is 1.33 bits per heavy atom. The number of nitrogens with zero attached hydrogens (tertiary/aromatic N) is 2. The number of nitrogens with one attached hydrogen (secondary N) is 1. The van der Waals surface area contributed by atoms with Gasteiger partial charge in [-0.15, -0.1) is 0 Å². The van der Waals surface area contributed by atoms with Crippen LogP contribution in [0.3, 0.4) is 0 Å². The Morgan fingerprint density at radius 3 is 2.52 bits per heavy atom. The molecule has 4 nitrogen and oxygen atoms in total. The van der Waals surface area contributed by atoms with Crippen LogP contribution in [0.2, 0.25) is 0 Å². The van der Waals surface area contributed by atoms with E-state index in [0.717, 1.165) is 38.3 Å². The Morgan fingerprint density at radius 2 is 2.00 bits per heavy atom. The summed E-state index contributed by atoms with van der Waals surface area (Å²) in [6.45, 7) is 11.6. The second kappa shape index (κ2) is 6.75. The van der Waals surface area contributed by atoms with Gasteiger partial charge in [0.25, 0.3) is 0 Å². The van der Waals surface area contributed by atoms with E-state index >= 15 is 0 Å². The minimum atomic E-state index is 0.134. The van der Waals surface area contributed by atoms with Crippen molar-refractivity contribution in [2.75, 3.05) is 25.1 Å². The molecule has 0 aromatic carbocycles. The van der Waals surface area contributed by atoms with Crippen molar-refractivity contribution in [2.45, 2.75) is 58.7 Å². The highest BCUT2D eigenvalue weighted by Gasteiger charge is 2.21. The van der Waals surface area contributed by atoms with Gasteiger partial charge in [-0.05, 0) is 57.7 Å². The van der Waals surface area contributed by atoms with Crippen LogP contribution in [0.4, 0.5) is 5.82 Å². The number of hydrogen-bond acceptors (Lipinski definition) is 4. The molecule has 118 valence electrons. The molecule has 1 aromatic rings. The molecule has 0 atom stereocenters. The molecule has 1 aliphatic rings. The first-order chi connectivity index (χ1) is 9.89. The second-order valence-corrected chi connectivity index (χ2v) is 7.01. The Hall–Kier alpha value is -1.13. The summed E-state index contributed by atoms with van der Waals surface area (Å²) in [5.74, 6) is 1.13. The lowest BCUT2D eigenvalue weighted by Gasteiger charge is -2.33. The third kappa shape index (κ3) is 4.68. The maximum Gasteiger partial charge on any atom is 0.131 e. The summed E-state index contributed by atoms with van der Waals surface area (Å²) in [5.41, 5.74) is 2.64. The van der Waals surface area contributed by atoms with Crippen molar-refractivity contribution in [3.8, 4) is 0 Å². The molecule has 0 aliphatic carbocycles. The third-order valence-corrected chi connectivity index (χ3v) is 4.00. The summed E-state index contributed by atoms with van der Waals surface area (Å²) >= 11 is 0.